The predicted octanol–water partition coefficient (Wildman–Crippen LogP) is 6.30. The lowest BCUT2D eigenvalue weighted by molar-refractivity contribution is 0.0834. The van der Waals surface area contributed by atoms with Crippen LogP contribution < -0.4 is 0 Å². The predicted molar refractivity (Wildman–Crippen MR) is 136 cm³/mol. The van der Waals surface area contributed by atoms with E-state index < -0.39 is 5.41 Å². The van der Waals surface area contributed by atoms with Crippen molar-refractivity contribution >= 4 is 6.34 Å². The SMILES string of the molecule is CCCCCCCCCCCCCC(C=CC(c1ccccc1)N1C=NCC1)(CO)CO. The lowest BCUT2D eigenvalue weighted by atomic mass is 9.82. The normalized spacial score (nSPS) is 15.2. The Kier molecular flexibility index (Phi) is 13.3. The maximum Gasteiger partial charge on any atom is 0.0858 e. The Labute approximate surface area is 196 Å². The highest BCUT2D eigenvalue weighted by atomic mass is 16.3. The number of aliphatic imine (C=N–C) groups is 1. The van der Waals surface area contributed by atoms with Crippen molar-refractivity contribution in [1.29, 1.82) is 0 Å². The van der Waals surface area contributed by atoms with Gasteiger partial charge in [0.15, 0.2) is 0 Å². The van der Waals surface area contributed by atoms with Crippen LogP contribution in [0.25, 0.3) is 0 Å². The molecule has 0 radical (unpaired) electrons. The Balaban J connectivity index is 1.79. The molecule has 2 rings (SSSR count). The second-order valence-corrected chi connectivity index (χ2v) is 9.44. The van der Waals surface area contributed by atoms with Crippen LogP contribution in [0.4, 0.5) is 0 Å². The van der Waals surface area contributed by atoms with Gasteiger partial charge in [0.05, 0.1) is 32.1 Å². The van der Waals surface area contributed by atoms with Crippen molar-refractivity contribution < 1.29 is 10.2 Å². The quantitative estimate of drug-likeness (QED) is 0.207. The van der Waals surface area contributed by atoms with Gasteiger partial charge in [-0.05, 0) is 12.0 Å². The largest absolute Gasteiger partial charge is 0.395 e. The first-order valence-corrected chi connectivity index (χ1v) is 13.0. The minimum Gasteiger partial charge on any atom is -0.395 e. The Morgan fingerprint density at radius 3 is 2.03 bits per heavy atom. The Morgan fingerprint density at radius 2 is 1.50 bits per heavy atom. The molecule has 0 amide bonds. The van der Waals surface area contributed by atoms with Gasteiger partial charge in [0.1, 0.15) is 0 Å². The molecule has 4 nitrogen and oxygen atoms in total. The third kappa shape index (κ3) is 9.46. The van der Waals surface area contributed by atoms with E-state index in [2.05, 4.69) is 53.2 Å². The van der Waals surface area contributed by atoms with Crippen LogP contribution in [0.15, 0.2) is 47.5 Å². The minimum absolute atomic E-state index is 0.0205. The van der Waals surface area contributed by atoms with Gasteiger partial charge >= 0.3 is 0 Å². The van der Waals surface area contributed by atoms with E-state index in [0.717, 1.165) is 25.9 Å². The maximum atomic E-state index is 10.1. The third-order valence-electron chi connectivity index (χ3n) is 6.76. The molecular weight excluding hydrogens is 396 g/mol. The van der Waals surface area contributed by atoms with Gasteiger partial charge in [-0.2, -0.15) is 0 Å². The molecule has 0 aliphatic carbocycles. The van der Waals surface area contributed by atoms with Crippen LogP contribution in [-0.2, 0) is 0 Å². The molecule has 1 aliphatic rings. The number of rotatable bonds is 18. The molecule has 1 unspecified atom stereocenters. The van der Waals surface area contributed by atoms with E-state index in [-0.39, 0.29) is 19.3 Å². The van der Waals surface area contributed by atoms with Crippen molar-refractivity contribution in [3.63, 3.8) is 0 Å². The molecular formula is C28H46N2O2. The molecule has 1 heterocycles. The first-order chi connectivity index (χ1) is 15.7. The molecule has 0 saturated heterocycles. The van der Waals surface area contributed by atoms with Crippen LogP contribution in [0.3, 0.4) is 0 Å². The van der Waals surface area contributed by atoms with Gasteiger partial charge in [-0.3, -0.25) is 4.99 Å². The second kappa shape index (κ2) is 16.0. The molecule has 0 bridgehead atoms. The molecule has 1 atom stereocenters. The average Bonchev–Trinajstić information content (AvgIpc) is 3.37. The van der Waals surface area contributed by atoms with Crippen molar-refractivity contribution in [2.45, 2.75) is 90.0 Å². The number of benzene rings is 1. The third-order valence-corrected chi connectivity index (χ3v) is 6.76. The van der Waals surface area contributed by atoms with E-state index in [0.29, 0.717) is 0 Å². The van der Waals surface area contributed by atoms with E-state index >= 15 is 0 Å². The molecule has 180 valence electrons. The molecule has 0 aromatic heterocycles. The number of aliphatic hydroxyl groups is 2. The number of nitrogens with zero attached hydrogens (tertiary/aromatic N) is 2. The summed E-state index contributed by atoms with van der Waals surface area (Å²) >= 11 is 0. The Morgan fingerprint density at radius 1 is 0.906 bits per heavy atom. The fourth-order valence-electron chi connectivity index (χ4n) is 4.50. The number of hydrogen-bond acceptors (Lipinski definition) is 4. The van der Waals surface area contributed by atoms with Crippen LogP contribution in [0, 0.1) is 5.41 Å². The minimum atomic E-state index is -0.552. The highest BCUT2D eigenvalue weighted by Gasteiger charge is 2.26. The summed E-state index contributed by atoms with van der Waals surface area (Å²) < 4.78 is 0. The lowest BCUT2D eigenvalue weighted by Crippen LogP contribution is -2.29. The van der Waals surface area contributed by atoms with Crippen molar-refractivity contribution in [1.82, 2.24) is 4.90 Å². The Bertz CT molecular complexity index is 640. The van der Waals surface area contributed by atoms with Crippen LogP contribution in [0.2, 0.25) is 0 Å². The molecule has 1 aromatic carbocycles. The van der Waals surface area contributed by atoms with Gasteiger partial charge in [-0.15, -0.1) is 0 Å². The van der Waals surface area contributed by atoms with E-state index in [9.17, 15) is 10.2 Å². The van der Waals surface area contributed by atoms with Crippen molar-refractivity contribution in [3.8, 4) is 0 Å². The molecule has 4 heteroatoms. The molecule has 1 aromatic rings. The summed E-state index contributed by atoms with van der Waals surface area (Å²) in [5.74, 6) is 0. The van der Waals surface area contributed by atoms with E-state index in [4.69, 9.17) is 0 Å². The van der Waals surface area contributed by atoms with Gasteiger partial charge in [0.25, 0.3) is 0 Å². The smallest absolute Gasteiger partial charge is 0.0858 e. The summed E-state index contributed by atoms with van der Waals surface area (Å²) in [6.07, 6.45) is 21.3. The van der Waals surface area contributed by atoms with Gasteiger partial charge in [0.2, 0.25) is 0 Å². The second-order valence-electron chi connectivity index (χ2n) is 9.44. The van der Waals surface area contributed by atoms with E-state index in [1.807, 2.05) is 12.4 Å². The summed E-state index contributed by atoms with van der Waals surface area (Å²) in [7, 11) is 0. The zero-order chi connectivity index (χ0) is 22.9. The average molecular weight is 443 g/mol. The van der Waals surface area contributed by atoms with Crippen molar-refractivity contribution in [2.24, 2.45) is 10.4 Å². The summed E-state index contributed by atoms with van der Waals surface area (Å²) in [5, 5.41) is 20.3. The standard InChI is InChI=1S/C28H46N2O2/c1-2-3-4-5-6-7-8-9-10-11-15-19-28(23-31,24-32)20-18-27(30-22-21-29-25-30)26-16-13-12-14-17-26/h12-14,16-18,20,25,27,31-32H,2-11,15,19,21-24H2,1H3. The van der Waals surface area contributed by atoms with Crippen molar-refractivity contribution in [2.75, 3.05) is 26.3 Å². The topological polar surface area (TPSA) is 56.1 Å². The fraction of sp³-hybridized carbons (Fsp3) is 0.679. The number of unbranched alkanes of at least 4 members (excludes halogenated alkanes) is 10. The highest BCUT2D eigenvalue weighted by molar-refractivity contribution is 5.59. The van der Waals surface area contributed by atoms with E-state index in [1.54, 1.807) is 0 Å². The first-order valence-electron chi connectivity index (χ1n) is 13.0. The molecule has 0 spiro atoms. The van der Waals surface area contributed by atoms with Gasteiger partial charge in [-0.25, -0.2) is 0 Å². The molecule has 0 saturated carbocycles. The molecule has 0 fully saturated rings. The van der Waals surface area contributed by atoms with Crippen molar-refractivity contribution in [3.05, 3.63) is 48.0 Å². The molecule has 2 N–H and O–H groups in total. The van der Waals surface area contributed by atoms with E-state index in [1.165, 1.54) is 69.8 Å². The van der Waals surface area contributed by atoms with Gasteiger partial charge < -0.3 is 15.1 Å². The van der Waals surface area contributed by atoms with Crippen LogP contribution in [0.5, 0.6) is 0 Å². The zero-order valence-corrected chi connectivity index (χ0v) is 20.3. The van der Waals surface area contributed by atoms with Gasteiger partial charge in [-0.1, -0.05) is 120 Å². The first kappa shape index (κ1) is 26.6. The lowest BCUT2D eigenvalue weighted by Gasteiger charge is -2.29. The van der Waals surface area contributed by atoms with Crippen LogP contribution in [-0.4, -0.2) is 47.8 Å². The van der Waals surface area contributed by atoms with Gasteiger partial charge in [0, 0.05) is 12.0 Å². The Hall–Kier alpha value is -1.65. The monoisotopic (exact) mass is 442 g/mol. The maximum absolute atomic E-state index is 10.1. The number of aliphatic hydroxyl groups excluding tert-OH is 2. The summed E-state index contributed by atoms with van der Waals surface area (Å²) in [5.41, 5.74) is 0.653. The highest BCUT2D eigenvalue weighted by Crippen LogP contribution is 2.30. The van der Waals surface area contributed by atoms with Crippen LogP contribution in [0.1, 0.15) is 95.6 Å². The van der Waals surface area contributed by atoms with Crippen LogP contribution >= 0.6 is 0 Å². The summed E-state index contributed by atoms with van der Waals surface area (Å²) in [6.45, 7) is 3.94. The summed E-state index contributed by atoms with van der Waals surface area (Å²) in [6, 6.07) is 10.5. The molecule has 32 heavy (non-hydrogen) atoms. The number of hydrogen-bond donors (Lipinski definition) is 2. The summed E-state index contributed by atoms with van der Waals surface area (Å²) in [4.78, 5) is 6.60. The fourth-order valence-corrected chi connectivity index (χ4v) is 4.50. The zero-order valence-electron chi connectivity index (χ0n) is 20.3. The molecule has 1 aliphatic heterocycles.